The van der Waals surface area contributed by atoms with Crippen molar-refractivity contribution >= 4 is 11.9 Å². The SMILES string of the molecule is CC(=O)O[C@H]1CC[C@@]2(C)C(CC[C@@]3(C)C4=CC[C@@]5(C(=O)O)CCC(C)(C)CC5[C@]4(C)CCC23)C1(C)C. The summed E-state index contributed by atoms with van der Waals surface area (Å²) >= 11 is 0. The Morgan fingerprint density at radius 3 is 2.06 bits per heavy atom. The molecule has 0 amide bonds. The summed E-state index contributed by atoms with van der Waals surface area (Å²) < 4.78 is 5.87. The highest BCUT2D eigenvalue weighted by Gasteiger charge is 2.68. The number of carbonyl (C=O) groups is 2. The number of hydrogen-bond acceptors (Lipinski definition) is 3. The topological polar surface area (TPSA) is 63.6 Å². The van der Waals surface area contributed by atoms with Crippen LogP contribution in [0.15, 0.2) is 11.6 Å². The van der Waals surface area contributed by atoms with Crippen molar-refractivity contribution in [1.82, 2.24) is 0 Å². The average Bonchev–Trinajstić information content (AvgIpc) is 2.75. The second kappa shape index (κ2) is 7.85. The molecule has 0 aromatic heterocycles. The van der Waals surface area contributed by atoms with Gasteiger partial charge in [-0.25, -0.2) is 0 Å². The zero-order valence-corrected chi connectivity index (χ0v) is 24.1. The Balaban J connectivity index is 1.54. The molecule has 5 rings (SSSR count). The highest BCUT2D eigenvalue weighted by Crippen LogP contribution is 2.75. The molecule has 8 atom stereocenters. The lowest BCUT2D eigenvalue weighted by molar-refractivity contribution is -0.200. The fourth-order valence-electron chi connectivity index (χ4n) is 11.3. The van der Waals surface area contributed by atoms with Crippen molar-refractivity contribution < 1.29 is 19.4 Å². The fraction of sp³-hybridized carbons (Fsp3) is 0.875. The lowest BCUT2D eigenvalue weighted by Crippen LogP contribution is -2.64. The van der Waals surface area contributed by atoms with Crippen LogP contribution < -0.4 is 0 Å². The monoisotopic (exact) mass is 498 g/mol. The van der Waals surface area contributed by atoms with Crippen LogP contribution in [0.5, 0.6) is 0 Å². The molecule has 36 heavy (non-hydrogen) atoms. The Morgan fingerprint density at radius 1 is 0.833 bits per heavy atom. The Labute approximate surface area is 219 Å². The van der Waals surface area contributed by atoms with Gasteiger partial charge in [0.15, 0.2) is 0 Å². The van der Waals surface area contributed by atoms with Gasteiger partial charge in [-0.1, -0.05) is 60.1 Å². The summed E-state index contributed by atoms with van der Waals surface area (Å²) in [5.41, 5.74) is 1.47. The summed E-state index contributed by atoms with van der Waals surface area (Å²) in [6, 6.07) is 0. The minimum Gasteiger partial charge on any atom is -0.481 e. The van der Waals surface area contributed by atoms with Crippen LogP contribution in [0, 0.1) is 50.2 Å². The lowest BCUT2D eigenvalue weighted by atomic mass is 9.34. The maximum Gasteiger partial charge on any atom is 0.310 e. The van der Waals surface area contributed by atoms with E-state index in [9.17, 15) is 14.7 Å². The van der Waals surface area contributed by atoms with Crippen molar-refractivity contribution in [3.63, 3.8) is 0 Å². The van der Waals surface area contributed by atoms with Gasteiger partial charge in [-0.3, -0.25) is 9.59 Å². The van der Waals surface area contributed by atoms with E-state index in [1.165, 1.54) is 6.42 Å². The van der Waals surface area contributed by atoms with Gasteiger partial charge in [0.1, 0.15) is 6.10 Å². The van der Waals surface area contributed by atoms with Crippen LogP contribution in [0.25, 0.3) is 0 Å². The molecule has 0 spiro atoms. The number of fused-ring (bicyclic) bond motifs is 7. The molecule has 5 aliphatic rings. The Hall–Kier alpha value is -1.32. The molecule has 4 fully saturated rings. The van der Waals surface area contributed by atoms with Crippen LogP contribution >= 0.6 is 0 Å². The van der Waals surface area contributed by atoms with Crippen molar-refractivity contribution in [3.8, 4) is 0 Å². The molecule has 0 aromatic carbocycles. The number of aliphatic carboxylic acids is 1. The minimum atomic E-state index is -0.595. The van der Waals surface area contributed by atoms with Gasteiger partial charge in [0, 0.05) is 12.3 Å². The van der Waals surface area contributed by atoms with Gasteiger partial charge in [-0.2, -0.15) is 0 Å². The molecular weight excluding hydrogens is 448 g/mol. The largest absolute Gasteiger partial charge is 0.481 e. The quantitative estimate of drug-likeness (QED) is 0.311. The van der Waals surface area contributed by atoms with Gasteiger partial charge in [-0.15, -0.1) is 0 Å². The van der Waals surface area contributed by atoms with Gasteiger partial charge >= 0.3 is 11.9 Å². The van der Waals surface area contributed by atoms with E-state index >= 15 is 0 Å². The molecule has 5 aliphatic carbocycles. The smallest absolute Gasteiger partial charge is 0.310 e. The van der Waals surface area contributed by atoms with Gasteiger partial charge in [0.2, 0.25) is 0 Å². The van der Waals surface area contributed by atoms with Crippen molar-refractivity contribution in [2.24, 2.45) is 50.2 Å². The van der Waals surface area contributed by atoms with Gasteiger partial charge in [-0.05, 0) is 104 Å². The number of carboxylic acid groups (broad SMARTS) is 1. The summed E-state index contributed by atoms with van der Waals surface area (Å²) in [5.74, 6) is 0.616. The summed E-state index contributed by atoms with van der Waals surface area (Å²) in [7, 11) is 0. The van der Waals surface area contributed by atoms with E-state index in [2.05, 4.69) is 54.5 Å². The van der Waals surface area contributed by atoms with E-state index in [0.29, 0.717) is 18.3 Å². The number of esters is 1. The Morgan fingerprint density at radius 2 is 1.44 bits per heavy atom. The lowest BCUT2D eigenvalue weighted by Gasteiger charge is -2.70. The third kappa shape index (κ3) is 3.37. The third-order valence-electron chi connectivity index (χ3n) is 13.0. The van der Waals surface area contributed by atoms with Crippen LogP contribution in [0.4, 0.5) is 0 Å². The molecule has 0 saturated heterocycles. The first kappa shape index (κ1) is 26.3. The predicted octanol–water partition coefficient (Wildman–Crippen LogP) is 7.80. The second-order valence-electron chi connectivity index (χ2n) is 15.7. The van der Waals surface area contributed by atoms with E-state index in [4.69, 9.17) is 4.74 Å². The first-order chi connectivity index (χ1) is 16.5. The maximum atomic E-state index is 12.9. The van der Waals surface area contributed by atoms with E-state index in [-0.39, 0.29) is 45.1 Å². The molecule has 0 aliphatic heterocycles. The third-order valence-corrected chi connectivity index (χ3v) is 13.0. The van der Waals surface area contributed by atoms with E-state index in [1.807, 2.05) is 0 Å². The van der Waals surface area contributed by atoms with E-state index < -0.39 is 11.4 Å². The summed E-state index contributed by atoms with van der Waals surface area (Å²) in [6.45, 7) is 18.4. The van der Waals surface area contributed by atoms with Crippen molar-refractivity contribution in [2.45, 2.75) is 126 Å². The van der Waals surface area contributed by atoms with Crippen molar-refractivity contribution in [2.75, 3.05) is 0 Å². The van der Waals surface area contributed by atoms with Crippen LogP contribution in [-0.2, 0) is 14.3 Å². The van der Waals surface area contributed by atoms with E-state index in [1.54, 1.807) is 12.5 Å². The summed E-state index contributed by atoms with van der Waals surface area (Å²) in [4.78, 5) is 24.7. The highest BCUT2D eigenvalue weighted by molar-refractivity contribution is 5.76. The van der Waals surface area contributed by atoms with Gasteiger partial charge in [0.05, 0.1) is 5.41 Å². The highest BCUT2D eigenvalue weighted by atomic mass is 16.5. The number of allylic oxidation sites excluding steroid dienone is 2. The molecule has 1 N–H and O–H groups in total. The molecule has 0 radical (unpaired) electrons. The van der Waals surface area contributed by atoms with Crippen molar-refractivity contribution in [3.05, 3.63) is 11.6 Å². The van der Waals surface area contributed by atoms with Gasteiger partial charge < -0.3 is 9.84 Å². The molecule has 0 bridgehead atoms. The number of ether oxygens (including phenoxy) is 1. The second-order valence-corrected chi connectivity index (χ2v) is 15.7. The zero-order valence-electron chi connectivity index (χ0n) is 24.1. The van der Waals surface area contributed by atoms with Gasteiger partial charge in [0.25, 0.3) is 0 Å². The van der Waals surface area contributed by atoms with Crippen LogP contribution in [0.3, 0.4) is 0 Å². The number of carboxylic acids is 1. The average molecular weight is 499 g/mol. The minimum absolute atomic E-state index is 0.000775. The molecule has 0 aromatic rings. The fourth-order valence-corrected chi connectivity index (χ4v) is 11.3. The van der Waals surface area contributed by atoms with Crippen LogP contribution in [0.1, 0.15) is 120 Å². The Kier molecular flexibility index (Phi) is 5.74. The van der Waals surface area contributed by atoms with Crippen molar-refractivity contribution in [1.29, 1.82) is 0 Å². The number of hydrogen-bond donors (Lipinski definition) is 1. The molecule has 0 heterocycles. The first-order valence-corrected chi connectivity index (χ1v) is 14.6. The molecular formula is C32H50O4. The summed E-state index contributed by atoms with van der Waals surface area (Å²) in [6.07, 6.45) is 12.6. The normalized spacial score (nSPS) is 48.8. The predicted molar refractivity (Wildman–Crippen MR) is 142 cm³/mol. The zero-order chi connectivity index (χ0) is 26.5. The molecule has 202 valence electrons. The molecule has 4 heteroatoms. The Bertz CT molecular complexity index is 992. The number of rotatable bonds is 2. The molecule has 3 unspecified atom stereocenters. The van der Waals surface area contributed by atoms with E-state index in [0.717, 1.165) is 51.4 Å². The number of carbonyl (C=O) groups excluding carboxylic acids is 1. The standard InChI is InChI=1S/C32H50O4/c1-20(33)36-25-12-15-29(6)21(28(25,4)5)9-13-30(7)22(29)10-14-31(8)23(30)11-16-32(26(34)35)18-17-27(2,3)19-24(31)32/h11,21-22,24-25H,9-10,12-19H2,1-8H3,(H,34,35)/t21?,22?,24?,25-,29-,30+,31+,32+/m0/s1. The van der Waals surface area contributed by atoms with Crippen LogP contribution in [-0.4, -0.2) is 23.1 Å². The summed E-state index contributed by atoms with van der Waals surface area (Å²) in [5, 5.41) is 10.6. The maximum absolute atomic E-state index is 12.9. The molecule has 4 nitrogen and oxygen atoms in total. The first-order valence-electron chi connectivity index (χ1n) is 14.6. The molecule has 4 saturated carbocycles. The van der Waals surface area contributed by atoms with Crippen LogP contribution in [0.2, 0.25) is 0 Å².